The second-order valence-corrected chi connectivity index (χ2v) is 3.76. The molecule has 1 heterocycles. The van der Waals surface area contributed by atoms with Crippen LogP contribution in [0.1, 0.15) is 0 Å². The summed E-state index contributed by atoms with van der Waals surface area (Å²) in [5, 5.41) is 11.7. The molecule has 92 valence electrons. The number of pyridine rings is 1. The van der Waals surface area contributed by atoms with E-state index in [0.717, 1.165) is 0 Å². The Labute approximate surface area is 103 Å². The molecule has 0 radical (unpaired) electrons. The van der Waals surface area contributed by atoms with Crippen LogP contribution in [0.15, 0.2) is 48.8 Å². The number of hydrogen-bond acceptors (Lipinski definition) is 2. The quantitative estimate of drug-likeness (QED) is 0.807. The van der Waals surface area contributed by atoms with E-state index in [4.69, 9.17) is 0 Å². The second kappa shape index (κ2) is 5.27. The van der Waals surface area contributed by atoms with Crippen LogP contribution in [0.5, 0.6) is 5.75 Å². The van der Waals surface area contributed by atoms with Crippen LogP contribution in [-0.4, -0.2) is 11.0 Å². The van der Waals surface area contributed by atoms with E-state index in [1.165, 1.54) is 29.0 Å². The molecule has 2 rings (SSSR count). The molecule has 5 heteroatoms. The molecule has 1 amide bonds. The van der Waals surface area contributed by atoms with Crippen LogP contribution >= 0.6 is 0 Å². The highest BCUT2D eigenvalue weighted by Crippen LogP contribution is 2.11. The fourth-order valence-electron chi connectivity index (χ4n) is 1.52. The number of rotatable bonds is 3. The van der Waals surface area contributed by atoms with E-state index in [9.17, 15) is 14.3 Å². The molecule has 0 atom stereocenters. The van der Waals surface area contributed by atoms with Gasteiger partial charge < -0.3 is 10.4 Å². The van der Waals surface area contributed by atoms with Crippen molar-refractivity contribution in [1.29, 1.82) is 0 Å². The van der Waals surface area contributed by atoms with E-state index in [0.29, 0.717) is 0 Å². The molecule has 0 spiro atoms. The van der Waals surface area contributed by atoms with Crippen molar-refractivity contribution in [2.24, 2.45) is 0 Å². The van der Waals surface area contributed by atoms with Gasteiger partial charge in [-0.2, -0.15) is 4.57 Å². The first-order valence-electron chi connectivity index (χ1n) is 5.37. The number of aromatic hydroxyl groups is 1. The van der Waals surface area contributed by atoms with Crippen LogP contribution in [0.3, 0.4) is 0 Å². The third-order valence-corrected chi connectivity index (χ3v) is 2.32. The Hall–Kier alpha value is -2.43. The van der Waals surface area contributed by atoms with Gasteiger partial charge in [-0.25, -0.2) is 4.39 Å². The minimum atomic E-state index is -0.480. The fraction of sp³-hybridized carbons (Fsp3) is 0.0769. The monoisotopic (exact) mass is 247 g/mol. The van der Waals surface area contributed by atoms with Crippen LogP contribution < -0.4 is 9.88 Å². The van der Waals surface area contributed by atoms with Gasteiger partial charge >= 0.3 is 0 Å². The number of carbonyl (C=O) groups excluding carboxylic acids is 1. The zero-order valence-electron chi connectivity index (χ0n) is 9.51. The smallest absolute Gasteiger partial charge is 0.290 e. The van der Waals surface area contributed by atoms with Gasteiger partial charge in [0.05, 0.1) is 5.69 Å². The standard InChI is InChI=1S/C13H11FN2O2/c14-11-5-1-2-6-12(11)15-13(18)9-16-7-3-4-10(17)8-16/h1-8H,9H2,(H-,15,17,18)/p+1. The zero-order valence-corrected chi connectivity index (χ0v) is 9.51. The van der Waals surface area contributed by atoms with Crippen molar-refractivity contribution in [3.05, 3.63) is 54.6 Å². The van der Waals surface area contributed by atoms with Crippen LogP contribution in [-0.2, 0) is 11.3 Å². The molecule has 0 saturated heterocycles. The van der Waals surface area contributed by atoms with Crippen molar-refractivity contribution in [3.8, 4) is 5.75 Å². The number of nitrogens with zero attached hydrogens (tertiary/aromatic N) is 1. The maximum atomic E-state index is 13.3. The summed E-state index contributed by atoms with van der Waals surface area (Å²) in [6.07, 6.45) is 3.06. The van der Waals surface area contributed by atoms with Gasteiger partial charge in [-0.05, 0) is 18.2 Å². The lowest BCUT2D eigenvalue weighted by molar-refractivity contribution is -0.684. The molecule has 0 aliphatic carbocycles. The van der Waals surface area contributed by atoms with Crippen molar-refractivity contribution in [3.63, 3.8) is 0 Å². The van der Waals surface area contributed by atoms with E-state index < -0.39 is 5.82 Å². The van der Waals surface area contributed by atoms with Gasteiger partial charge in [0.2, 0.25) is 12.7 Å². The van der Waals surface area contributed by atoms with E-state index in [-0.39, 0.29) is 23.9 Å². The average Bonchev–Trinajstić information content (AvgIpc) is 2.32. The van der Waals surface area contributed by atoms with Gasteiger partial charge in [0, 0.05) is 6.07 Å². The lowest BCUT2D eigenvalue weighted by Crippen LogP contribution is -2.39. The number of benzene rings is 1. The molecule has 0 bridgehead atoms. The van der Waals surface area contributed by atoms with Crippen LogP contribution in [0.4, 0.5) is 10.1 Å². The van der Waals surface area contributed by atoms with Gasteiger partial charge in [0.1, 0.15) is 5.82 Å². The number of aromatic nitrogens is 1. The number of amides is 1. The number of nitrogens with one attached hydrogen (secondary N) is 1. The maximum Gasteiger partial charge on any atom is 0.290 e. The zero-order chi connectivity index (χ0) is 13.0. The number of para-hydroxylation sites is 1. The van der Waals surface area contributed by atoms with E-state index in [1.54, 1.807) is 24.4 Å². The molecule has 1 aromatic carbocycles. The van der Waals surface area contributed by atoms with Crippen molar-refractivity contribution in [2.45, 2.75) is 6.54 Å². The van der Waals surface area contributed by atoms with Gasteiger partial charge in [-0.1, -0.05) is 12.1 Å². The SMILES string of the molecule is O=C(C[n+]1cccc(O)c1)Nc1ccccc1F. The van der Waals surface area contributed by atoms with E-state index >= 15 is 0 Å². The largest absolute Gasteiger partial charge is 0.503 e. The Morgan fingerprint density at radius 3 is 2.78 bits per heavy atom. The first kappa shape index (κ1) is 12.0. The number of anilines is 1. The highest BCUT2D eigenvalue weighted by molar-refractivity contribution is 5.89. The Kier molecular flexibility index (Phi) is 3.52. The highest BCUT2D eigenvalue weighted by atomic mass is 19.1. The third-order valence-electron chi connectivity index (χ3n) is 2.32. The molecule has 1 aromatic heterocycles. The summed E-state index contributed by atoms with van der Waals surface area (Å²) >= 11 is 0. The number of carbonyl (C=O) groups is 1. The predicted octanol–water partition coefficient (Wildman–Crippen LogP) is 1.46. The maximum absolute atomic E-state index is 13.3. The Balaban J connectivity index is 2.03. The number of halogens is 1. The summed E-state index contributed by atoms with van der Waals surface area (Å²) < 4.78 is 14.8. The first-order valence-corrected chi connectivity index (χ1v) is 5.37. The van der Waals surface area contributed by atoms with Crippen molar-refractivity contribution in [1.82, 2.24) is 0 Å². The van der Waals surface area contributed by atoms with Crippen molar-refractivity contribution in [2.75, 3.05) is 5.32 Å². The van der Waals surface area contributed by atoms with Gasteiger partial charge in [0.15, 0.2) is 11.9 Å². The lowest BCUT2D eigenvalue weighted by atomic mass is 10.3. The molecule has 0 aliphatic rings. The number of hydrogen-bond donors (Lipinski definition) is 2. The molecule has 4 nitrogen and oxygen atoms in total. The summed E-state index contributed by atoms with van der Waals surface area (Å²) in [5.41, 5.74) is 0.142. The second-order valence-electron chi connectivity index (χ2n) is 3.76. The molecule has 2 aromatic rings. The summed E-state index contributed by atoms with van der Waals surface area (Å²) in [7, 11) is 0. The Morgan fingerprint density at radius 2 is 2.06 bits per heavy atom. The molecule has 0 saturated carbocycles. The predicted molar refractivity (Wildman–Crippen MR) is 63.3 cm³/mol. The summed E-state index contributed by atoms with van der Waals surface area (Å²) in [5.74, 6) is -0.779. The Morgan fingerprint density at radius 1 is 1.28 bits per heavy atom. The van der Waals surface area contributed by atoms with Gasteiger partial charge in [-0.15, -0.1) is 0 Å². The molecule has 2 N–H and O–H groups in total. The minimum Gasteiger partial charge on any atom is -0.503 e. The van der Waals surface area contributed by atoms with Gasteiger partial charge in [0.25, 0.3) is 5.91 Å². The van der Waals surface area contributed by atoms with Crippen molar-refractivity contribution >= 4 is 11.6 Å². The molecular formula is C13H12FN2O2+. The summed E-state index contributed by atoms with van der Waals surface area (Å²) in [6.45, 7) is 0.00271. The Bertz CT molecular complexity index is 572. The lowest BCUT2D eigenvalue weighted by Gasteiger charge is -2.03. The summed E-state index contributed by atoms with van der Waals surface area (Å²) in [4.78, 5) is 11.7. The van der Waals surface area contributed by atoms with Crippen molar-refractivity contribution < 1.29 is 18.9 Å². The first-order chi connectivity index (χ1) is 8.65. The highest BCUT2D eigenvalue weighted by Gasteiger charge is 2.11. The minimum absolute atomic E-state index is 0.00271. The topological polar surface area (TPSA) is 53.2 Å². The molecular weight excluding hydrogens is 235 g/mol. The van der Waals surface area contributed by atoms with E-state index in [2.05, 4.69) is 5.32 Å². The molecule has 0 aliphatic heterocycles. The normalized spacial score (nSPS) is 10.1. The van der Waals surface area contributed by atoms with Gasteiger partial charge in [-0.3, -0.25) is 4.79 Å². The third kappa shape index (κ3) is 3.04. The fourth-order valence-corrected chi connectivity index (χ4v) is 1.52. The van der Waals surface area contributed by atoms with E-state index in [1.807, 2.05) is 0 Å². The molecule has 0 fully saturated rings. The summed E-state index contributed by atoms with van der Waals surface area (Å²) in [6, 6.07) is 9.07. The van der Waals surface area contributed by atoms with Crippen LogP contribution in [0, 0.1) is 5.82 Å². The average molecular weight is 247 g/mol. The van der Waals surface area contributed by atoms with Crippen LogP contribution in [0.2, 0.25) is 0 Å². The van der Waals surface area contributed by atoms with Crippen LogP contribution in [0.25, 0.3) is 0 Å². The molecule has 18 heavy (non-hydrogen) atoms. The molecule has 0 unspecified atom stereocenters.